The molecule has 1 fully saturated rings. The maximum atomic E-state index is 12.2. The Morgan fingerprint density at radius 2 is 1.92 bits per heavy atom. The van der Waals surface area contributed by atoms with E-state index in [1.165, 1.54) is 11.8 Å². The molecule has 1 aromatic carbocycles. The highest BCUT2D eigenvalue weighted by Crippen LogP contribution is 2.18. The zero-order chi connectivity index (χ0) is 17.9. The highest BCUT2D eigenvalue weighted by Gasteiger charge is 2.29. The molecule has 0 aliphatic carbocycles. The van der Waals surface area contributed by atoms with Crippen molar-refractivity contribution in [3.8, 4) is 0 Å². The van der Waals surface area contributed by atoms with E-state index in [1.807, 2.05) is 0 Å². The summed E-state index contributed by atoms with van der Waals surface area (Å²) in [4.78, 5) is 24.2. The Bertz CT molecular complexity index is 802. The summed E-state index contributed by atoms with van der Waals surface area (Å²) in [6.07, 6.45) is 0.440. The van der Waals surface area contributed by atoms with Crippen LogP contribution in [0.3, 0.4) is 0 Å². The van der Waals surface area contributed by atoms with Crippen molar-refractivity contribution in [3.05, 3.63) is 41.0 Å². The van der Waals surface area contributed by atoms with Crippen molar-refractivity contribution >= 4 is 39.1 Å². The second-order valence-electron chi connectivity index (χ2n) is 5.81. The van der Waals surface area contributed by atoms with Crippen molar-refractivity contribution in [1.82, 2.24) is 5.32 Å². The van der Waals surface area contributed by atoms with Crippen LogP contribution in [0.5, 0.6) is 0 Å². The monoisotopic (exact) mass is 382 g/mol. The van der Waals surface area contributed by atoms with Crippen LogP contribution >= 0.6 is 11.8 Å². The fourth-order valence-electron chi connectivity index (χ4n) is 2.56. The molecule has 0 radical (unpaired) electrons. The van der Waals surface area contributed by atoms with Gasteiger partial charge < -0.3 is 15.4 Å². The van der Waals surface area contributed by atoms with Gasteiger partial charge in [0.25, 0.3) is 11.8 Å². The third-order valence-corrected chi connectivity index (χ3v) is 6.40. The average Bonchev–Trinajstić information content (AvgIpc) is 2.94. The van der Waals surface area contributed by atoms with E-state index in [-0.39, 0.29) is 35.1 Å². The molecular weight excluding hydrogens is 364 g/mol. The van der Waals surface area contributed by atoms with Crippen molar-refractivity contribution in [2.45, 2.75) is 12.5 Å². The first kappa shape index (κ1) is 17.8. The lowest BCUT2D eigenvalue weighted by molar-refractivity contribution is -0.116. The standard InChI is InChI=1S/C16H18N2O5S2/c19-15(18-13-5-8-25(21,22)10-13)11-1-3-12(4-2-11)17-16(20)14-9-24-7-6-23-14/h1-4,9,13H,5-8,10H2,(H,17,20)(H,18,19). The minimum atomic E-state index is -3.04. The van der Waals surface area contributed by atoms with Crippen molar-refractivity contribution in [1.29, 1.82) is 0 Å². The molecule has 0 saturated carbocycles. The van der Waals surface area contributed by atoms with E-state index in [2.05, 4.69) is 10.6 Å². The fraction of sp³-hybridized carbons (Fsp3) is 0.375. The quantitative estimate of drug-likeness (QED) is 0.810. The number of ether oxygens (including phenoxy) is 1. The molecule has 2 aliphatic heterocycles. The molecule has 9 heteroatoms. The third kappa shape index (κ3) is 4.76. The lowest BCUT2D eigenvalue weighted by Gasteiger charge is -2.14. The molecule has 0 aromatic heterocycles. The summed E-state index contributed by atoms with van der Waals surface area (Å²) in [5.41, 5.74) is 0.955. The summed E-state index contributed by atoms with van der Waals surface area (Å²) >= 11 is 1.52. The molecule has 1 saturated heterocycles. The van der Waals surface area contributed by atoms with Crippen LogP contribution in [-0.2, 0) is 19.4 Å². The maximum Gasteiger partial charge on any atom is 0.291 e. The van der Waals surface area contributed by atoms with Gasteiger partial charge in [-0.15, -0.1) is 11.8 Å². The molecule has 25 heavy (non-hydrogen) atoms. The molecule has 0 bridgehead atoms. The third-order valence-electron chi connectivity index (χ3n) is 3.85. The summed E-state index contributed by atoms with van der Waals surface area (Å²) in [6.45, 7) is 0.500. The summed E-state index contributed by atoms with van der Waals surface area (Å²) in [6, 6.07) is 6.06. The predicted octanol–water partition coefficient (Wildman–Crippen LogP) is 1.15. The van der Waals surface area contributed by atoms with Gasteiger partial charge in [0.1, 0.15) is 0 Å². The molecule has 1 atom stereocenters. The van der Waals surface area contributed by atoms with Crippen LogP contribution in [0.4, 0.5) is 5.69 Å². The first-order valence-electron chi connectivity index (χ1n) is 7.80. The van der Waals surface area contributed by atoms with Gasteiger partial charge >= 0.3 is 0 Å². The van der Waals surface area contributed by atoms with Gasteiger partial charge in [-0.1, -0.05) is 0 Å². The highest BCUT2D eigenvalue weighted by molar-refractivity contribution is 8.02. The molecule has 2 heterocycles. The van der Waals surface area contributed by atoms with Crippen LogP contribution in [0.15, 0.2) is 35.4 Å². The summed E-state index contributed by atoms with van der Waals surface area (Å²) in [5, 5.41) is 7.11. The summed E-state index contributed by atoms with van der Waals surface area (Å²) in [7, 11) is -3.04. The largest absolute Gasteiger partial charge is 0.487 e. The van der Waals surface area contributed by atoms with Crippen molar-refractivity contribution in [2.24, 2.45) is 0 Å². The van der Waals surface area contributed by atoms with Crippen LogP contribution < -0.4 is 10.6 Å². The summed E-state index contributed by atoms with van der Waals surface area (Å²) in [5.74, 6) is 0.540. The van der Waals surface area contributed by atoms with E-state index in [4.69, 9.17) is 4.74 Å². The fourth-order valence-corrected chi connectivity index (χ4v) is 4.86. The Morgan fingerprint density at radius 1 is 1.16 bits per heavy atom. The van der Waals surface area contributed by atoms with Gasteiger partial charge in [0.2, 0.25) is 0 Å². The smallest absolute Gasteiger partial charge is 0.291 e. The van der Waals surface area contributed by atoms with Crippen LogP contribution in [0.25, 0.3) is 0 Å². The van der Waals surface area contributed by atoms with Crippen LogP contribution in [0.2, 0.25) is 0 Å². The second kappa shape index (κ2) is 7.49. The molecule has 2 aliphatic rings. The number of carbonyl (C=O) groups excluding carboxylic acids is 2. The molecule has 2 N–H and O–H groups in total. The van der Waals surface area contributed by atoms with Gasteiger partial charge in [-0.25, -0.2) is 8.42 Å². The second-order valence-corrected chi connectivity index (χ2v) is 9.01. The molecule has 134 valence electrons. The Kier molecular flexibility index (Phi) is 5.33. The van der Waals surface area contributed by atoms with E-state index < -0.39 is 9.84 Å². The van der Waals surface area contributed by atoms with Crippen molar-refractivity contribution in [2.75, 3.05) is 29.2 Å². The normalized spacial score (nSPS) is 21.8. The Hall–Kier alpha value is -2.00. The lowest BCUT2D eigenvalue weighted by Crippen LogP contribution is -2.35. The maximum absolute atomic E-state index is 12.2. The molecule has 7 nitrogen and oxygen atoms in total. The van der Waals surface area contributed by atoms with Gasteiger partial charge in [0.05, 0.1) is 18.1 Å². The number of benzene rings is 1. The number of thioether (sulfide) groups is 1. The number of rotatable bonds is 4. The number of hydrogen-bond donors (Lipinski definition) is 2. The number of carbonyl (C=O) groups is 2. The molecule has 3 rings (SSSR count). The van der Waals surface area contributed by atoms with Crippen LogP contribution in [0, 0.1) is 0 Å². The van der Waals surface area contributed by atoms with Gasteiger partial charge in [0, 0.05) is 28.5 Å². The zero-order valence-electron chi connectivity index (χ0n) is 13.4. The minimum Gasteiger partial charge on any atom is -0.487 e. The first-order valence-corrected chi connectivity index (χ1v) is 10.7. The van der Waals surface area contributed by atoms with Crippen LogP contribution in [0.1, 0.15) is 16.8 Å². The average molecular weight is 382 g/mol. The van der Waals surface area contributed by atoms with E-state index in [0.717, 1.165) is 5.75 Å². The topological polar surface area (TPSA) is 102 Å². The Balaban J connectivity index is 1.57. The number of nitrogens with one attached hydrogen (secondary N) is 2. The van der Waals surface area contributed by atoms with Crippen LogP contribution in [-0.4, -0.2) is 50.1 Å². The molecule has 0 spiro atoms. The molecular formula is C16H18N2O5S2. The van der Waals surface area contributed by atoms with Gasteiger partial charge in [-0.3, -0.25) is 9.59 Å². The van der Waals surface area contributed by atoms with Gasteiger partial charge in [-0.2, -0.15) is 0 Å². The van der Waals surface area contributed by atoms with E-state index >= 15 is 0 Å². The van der Waals surface area contributed by atoms with Gasteiger partial charge in [-0.05, 0) is 30.7 Å². The predicted molar refractivity (Wildman–Crippen MR) is 96.1 cm³/mol. The lowest BCUT2D eigenvalue weighted by atomic mass is 10.1. The molecule has 2 amide bonds. The Morgan fingerprint density at radius 3 is 2.52 bits per heavy atom. The number of anilines is 1. The molecule has 1 unspecified atom stereocenters. The minimum absolute atomic E-state index is 0.0139. The number of amides is 2. The van der Waals surface area contributed by atoms with E-state index in [9.17, 15) is 18.0 Å². The van der Waals surface area contributed by atoms with E-state index in [1.54, 1.807) is 29.7 Å². The highest BCUT2D eigenvalue weighted by atomic mass is 32.2. The Labute approximate surface area is 150 Å². The zero-order valence-corrected chi connectivity index (χ0v) is 15.0. The van der Waals surface area contributed by atoms with Crippen molar-refractivity contribution in [3.63, 3.8) is 0 Å². The number of sulfone groups is 1. The number of hydrogen-bond acceptors (Lipinski definition) is 6. The first-order chi connectivity index (χ1) is 11.9. The van der Waals surface area contributed by atoms with E-state index in [0.29, 0.717) is 24.3 Å². The SMILES string of the molecule is O=C(Nc1ccc(C(=O)NC2CCS(=O)(=O)C2)cc1)C1=CSCCO1. The molecule has 1 aromatic rings. The van der Waals surface area contributed by atoms with Crippen molar-refractivity contribution < 1.29 is 22.7 Å². The van der Waals surface area contributed by atoms with Gasteiger partial charge in [0.15, 0.2) is 15.6 Å². The summed E-state index contributed by atoms with van der Waals surface area (Å²) < 4.78 is 28.1.